The van der Waals surface area contributed by atoms with Crippen molar-refractivity contribution in [3.63, 3.8) is 0 Å². The lowest BCUT2D eigenvalue weighted by molar-refractivity contribution is 0.00649. The average molecular weight is 484 g/mol. The van der Waals surface area contributed by atoms with Crippen LogP contribution in [0.15, 0.2) is 66.7 Å². The maximum absolute atomic E-state index is 13.8. The lowest BCUT2D eigenvalue weighted by Crippen LogP contribution is -2.56. The first-order valence-electron chi connectivity index (χ1n) is 12.9. The molecular formula is C31H30FNO3. The molecule has 0 saturated carbocycles. The van der Waals surface area contributed by atoms with Crippen LogP contribution in [0, 0.1) is 18.7 Å². The molecule has 6 rings (SSSR count). The van der Waals surface area contributed by atoms with Gasteiger partial charge in [0.05, 0.1) is 0 Å². The molecule has 2 bridgehead atoms. The number of rotatable bonds is 4. The van der Waals surface area contributed by atoms with Gasteiger partial charge in [0.25, 0.3) is 0 Å². The minimum Gasteiger partial charge on any atom is -0.448 e. The van der Waals surface area contributed by atoms with Gasteiger partial charge in [-0.15, -0.1) is 0 Å². The molecule has 3 aliphatic rings. The molecule has 1 aliphatic carbocycles. The molecule has 36 heavy (non-hydrogen) atoms. The SMILES string of the molecule is Cc1ccc(F)cc1C(=O)C1CC2CCCC(C1)N2C(=O)OCC1c2ccccc2-c2ccccc21. The molecule has 0 N–H and O–H groups in total. The number of ether oxygens (including phenoxy) is 1. The minimum atomic E-state index is -0.389. The van der Waals surface area contributed by atoms with Crippen LogP contribution in [0.5, 0.6) is 0 Å². The van der Waals surface area contributed by atoms with Crippen molar-refractivity contribution in [1.29, 1.82) is 0 Å². The molecule has 0 spiro atoms. The largest absolute Gasteiger partial charge is 0.448 e. The van der Waals surface area contributed by atoms with Gasteiger partial charge >= 0.3 is 6.09 Å². The highest BCUT2D eigenvalue weighted by Crippen LogP contribution is 2.45. The fourth-order valence-electron chi connectivity index (χ4n) is 6.64. The van der Waals surface area contributed by atoms with E-state index in [4.69, 9.17) is 4.74 Å². The van der Waals surface area contributed by atoms with E-state index < -0.39 is 0 Å². The van der Waals surface area contributed by atoms with Gasteiger partial charge in [-0.25, -0.2) is 9.18 Å². The van der Waals surface area contributed by atoms with Crippen LogP contribution in [0.1, 0.15) is 65.1 Å². The first kappa shape index (κ1) is 23.0. The summed E-state index contributed by atoms with van der Waals surface area (Å²) in [6.45, 7) is 2.15. The lowest BCUT2D eigenvalue weighted by atomic mass is 9.75. The van der Waals surface area contributed by atoms with E-state index in [0.717, 1.165) is 24.8 Å². The summed E-state index contributed by atoms with van der Waals surface area (Å²) in [7, 11) is 0. The third kappa shape index (κ3) is 3.91. The van der Waals surface area contributed by atoms with Crippen molar-refractivity contribution in [3.8, 4) is 11.1 Å². The number of hydrogen-bond acceptors (Lipinski definition) is 3. The normalized spacial score (nSPS) is 22.6. The third-order valence-electron chi connectivity index (χ3n) is 8.36. The van der Waals surface area contributed by atoms with Gasteiger partial charge in [-0.05, 0) is 79.0 Å². The van der Waals surface area contributed by atoms with Crippen LogP contribution in [0.3, 0.4) is 0 Å². The summed E-state index contributed by atoms with van der Waals surface area (Å²) >= 11 is 0. The summed E-state index contributed by atoms with van der Waals surface area (Å²) in [5.74, 6) is -0.564. The van der Waals surface area contributed by atoms with E-state index in [-0.39, 0.29) is 41.6 Å². The number of hydrogen-bond donors (Lipinski definition) is 0. The number of nitrogens with zero attached hydrogens (tertiary/aromatic N) is 1. The highest BCUT2D eigenvalue weighted by molar-refractivity contribution is 5.99. The van der Waals surface area contributed by atoms with Gasteiger partial charge < -0.3 is 9.64 Å². The number of benzene rings is 3. The molecule has 3 aromatic carbocycles. The molecule has 0 radical (unpaired) electrons. The van der Waals surface area contributed by atoms with Crippen molar-refractivity contribution < 1.29 is 18.7 Å². The molecule has 2 heterocycles. The molecular weight excluding hydrogens is 453 g/mol. The smallest absolute Gasteiger partial charge is 0.410 e. The van der Waals surface area contributed by atoms with Gasteiger partial charge in [-0.1, -0.05) is 54.6 Å². The van der Waals surface area contributed by atoms with Crippen LogP contribution < -0.4 is 0 Å². The fraction of sp³-hybridized carbons (Fsp3) is 0.355. The Hall–Kier alpha value is -3.47. The van der Waals surface area contributed by atoms with Gasteiger partial charge in [0, 0.05) is 29.5 Å². The first-order chi connectivity index (χ1) is 17.5. The molecule has 5 heteroatoms. The van der Waals surface area contributed by atoms with Crippen molar-refractivity contribution >= 4 is 11.9 Å². The Bertz CT molecular complexity index is 1280. The zero-order valence-electron chi connectivity index (χ0n) is 20.5. The molecule has 2 saturated heterocycles. The molecule has 2 unspecified atom stereocenters. The van der Waals surface area contributed by atoms with Gasteiger partial charge in [0.2, 0.25) is 0 Å². The molecule has 1 amide bonds. The Kier molecular flexibility index (Phi) is 5.87. The van der Waals surface area contributed by atoms with Crippen molar-refractivity contribution in [3.05, 3.63) is 94.8 Å². The zero-order valence-corrected chi connectivity index (χ0v) is 20.5. The summed E-state index contributed by atoms with van der Waals surface area (Å²) < 4.78 is 19.8. The van der Waals surface area contributed by atoms with Crippen molar-refractivity contribution in [2.45, 2.75) is 57.0 Å². The number of piperidine rings is 2. The maximum atomic E-state index is 13.8. The van der Waals surface area contributed by atoms with Gasteiger partial charge in [0.15, 0.2) is 5.78 Å². The number of aryl methyl sites for hydroxylation is 1. The Balaban J connectivity index is 1.17. The average Bonchev–Trinajstić information content (AvgIpc) is 3.21. The van der Waals surface area contributed by atoms with E-state index in [1.165, 1.54) is 34.4 Å². The second kappa shape index (κ2) is 9.20. The van der Waals surface area contributed by atoms with Gasteiger partial charge in [-0.2, -0.15) is 0 Å². The number of amides is 1. The van der Waals surface area contributed by atoms with Crippen LogP contribution >= 0.6 is 0 Å². The second-order valence-electron chi connectivity index (χ2n) is 10.4. The topological polar surface area (TPSA) is 46.6 Å². The quantitative estimate of drug-likeness (QED) is 0.379. The summed E-state index contributed by atoms with van der Waals surface area (Å²) in [5.41, 5.74) is 6.07. The summed E-state index contributed by atoms with van der Waals surface area (Å²) in [6.07, 6.45) is 3.71. The summed E-state index contributed by atoms with van der Waals surface area (Å²) in [5, 5.41) is 0. The fourth-order valence-corrected chi connectivity index (χ4v) is 6.64. The van der Waals surface area contributed by atoms with Crippen LogP contribution in [0.25, 0.3) is 11.1 Å². The zero-order chi connectivity index (χ0) is 24.8. The van der Waals surface area contributed by atoms with E-state index in [1.807, 2.05) is 36.1 Å². The van der Waals surface area contributed by atoms with Crippen molar-refractivity contribution in [2.24, 2.45) is 5.92 Å². The number of carbonyl (C=O) groups is 2. The maximum Gasteiger partial charge on any atom is 0.410 e. The molecule has 2 aliphatic heterocycles. The van der Waals surface area contributed by atoms with E-state index in [0.29, 0.717) is 25.0 Å². The molecule has 2 atom stereocenters. The van der Waals surface area contributed by atoms with E-state index in [9.17, 15) is 14.0 Å². The van der Waals surface area contributed by atoms with E-state index in [2.05, 4.69) is 24.3 Å². The number of fused-ring (bicyclic) bond motifs is 5. The molecule has 4 nitrogen and oxygen atoms in total. The molecule has 0 aromatic heterocycles. The van der Waals surface area contributed by atoms with Crippen molar-refractivity contribution in [1.82, 2.24) is 4.90 Å². The van der Waals surface area contributed by atoms with Crippen LogP contribution in [-0.2, 0) is 4.74 Å². The Morgan fingerprint density at radius 3 is 2.17 bits per heavy atom. The third-order valence-corrected chi connectivity index (χ3v) is 8.36. The second-order valence-corrected chi connectivity index (χ2v) is 10.4. The number of carbonyl (C=O) groups excluding carboxylic acids is 2. The highest BCUT2D eigenvalue weighted by Gasteiger charge is 2.44. The Morgan fingerprint density at radius 2 is 1.53 bits per heavy atom. The minimum absolute atomic E-state index is 0.00362. The predicted molar refractivity (Wildman–Crippen MR) is 137 cm³/mol. The summed E-state index contributed by atoms with van der Waals surface area (Å²) in [6, 6.07) is 21.0. The van der Waals surface area contributed by atoms with E-state index >= 15 is 0 Å². The standard InChI is InChI=1S/C31H30FNO3/c1-19-13-14-21(32)17-28(19)30(34)20-15-22-7-6-8-23(16-20)33(22)31(35)36-18-29-26-11-4-2-9-24(26)25-10-3-5-12-27(25)29/h2-5,9-14,17,20,22-23,29H,6-8,15-16,18H2,1H3. The van der Waals surface area contributed by atoms with Gasteiger partial charge in [-0.3, -0.25) is 4.79 Å². The summed E-state index contributed by atoms with van der Waals surface area (Å²) in [4.78, 5) is 28.6. The van der Waals surface area contributed by atoms with Crippen LogP contribution in [0.4, 0.5) is 9.18 Å². The predicted octanol–water partition coefficient (Wildman–Crippen LogP) is 6.90. The number of ketones is 1. The highest BCUT2D eigenvalue weighted by atomic mass is 19.1. The monoisotopic (exact) mass is 483 g/mol. The van der Waals surface area contributed by atoms with E-state index in [1.54, 1.807) is 6.07 Å². The number of Topliss-reactive ketones (excluding diaryl/α,β-unsaturated/α-hetero) is 1. The van der Waals surface area contributed by atoms with Crippen molar-refractivity contribution in [2.75, 3.05) is 6.61 Å². The van der Waals surface area contributed by atoms with Crippen LogP contribution in [-0.4, -0.2) is 35.5 Å². The van der Waals surface area contributed by atoms with Gasteiger partial charge in [0.1, 0.15) is 12.4 Å². The molecule has 184 valence electrons. The first-order valence-corrected chi connectivity index (χ1v) is 12.9. The molecule has 2 fully saturated rings. The Morgan fingerprint density at radius 1 is 0.917 bits per heavy atom. The Labute approximate surface area is 211 Å². The molecule has 3 aromatic rings. The number of halogens is 1. The lowest BCUT2D eigenvalue weighted by Gasteiger charge is -2.47. The van der Waals surface area contributed by atoms with Crippen LogP contribution in [0.2, 0.25) is 0 Å².